The molecule has 1 aromatic carbocycles. The molecule has 0 aliphatic carbocycles. The van der Waals surface area contributed by atoms with Gasteiger partial charge in [0.2, 0.25) is 5.13 Å². The van der Waals surface area contributed by atoms with Gasteiger partial charge in [-0.25, -0.2) is 4.98 Å². The van der Waals surface area contributed by atoms with E-state index in [1.807, 2.05) is 37.3 Å². The molecule has 0 unspecified atom stereocenters. The molecule has 0 saturated carbocycles. The average Bonchev–Trinajstić information content (AvgIpc) is 3.15. The lowest BCUT2D eigenvalue weighted by atomic mass is 10.2. The van der Waals surface area contributed by atoms with Crippen molar-refractivity contribution in [1.29, 1.82) is 0 Å². The summed E-state index contributed by atoms with van der Waals surface area (Å²) in [6.45, 7) is 2.31. The maximum absolute atomic E-state index is 12.2. The number of hydrogen-bond acceptors (Lipinski definition) is 5. The minimum Gasteiger partial charge on any atom is -0.347 e. The Labute approximate surface area is 125 Å². The van der Waals surface area contributed by atoms with Crippen molar-refractivity contribution in [3.63, 3.8) is 0 Å². The predicted molar refractivity (Wildman–Crippen MR) is 79.4 cm³/mol. The molecule has 0 saturated heterocycles. The van der Waals surface area contributed by atoms with Crippen molar-refractivity contribution in [2.24, 2.45) is 0 Å². The number of carbonyl (C=O) groups is 1. The molecular formula is C14H13N5OS. The van der Waals surface area contributed by atoms with Crippen molar-refractivity contribution in [1.82, 2.24) is 25.3 Å². The molecule has 0 atom stereocenters. The number of aromatic nitrogens is 4. The van der Waals surface area contributed by atoms with Crippen LogP contribution in [0.3, 0.4) is 0 Å². The molecule has 0 aliphatic heterocycles. The molecule has 1 amide bonds. The summed E-state index contributed by atoms with van der Waals surface area (Å²) in [5.41, 5.74) is 1.75. The van der Waals surface area contributed by atoms with Crippen LogP contribution in [0.4, 0.5) is 0 Å². The van der Waals surface area contributed by atoms with Gasteiger partial charge in [-0.05, 0) is 12.5 Å². The number of rotatable bonds is 4. The van der Waals surface area contributed by atoms with E-state index in [-0.39, 0.29) is 5.91 Å². The number of nitrogens with zero attached hydrogens (tertiary/aromatic N) is 4. The highest BCUT2D eigenvalue weighted by molar-refractivity contribution is 7.16. The monoisotopic (exact) mass is 299 g/mol. The van der Waals surface area contributed by atoms with E-state index in [4.69, 9.17) is 0 Å². The normalized spacial score (nSPS) is 10.5. The summed E-state index contributed by atoms with van der Waals surface area (Å²) in [6, 6.07) is 9.79. The van der Waals surface area contributed by atoms with E-state index in [0.717, 1.165) is 5.56 Å². The molecular weight excluding hydrogens is 286 g/mol. The second-order valence-electron chi connectivity index (χ2n) is 4.43. The van der Waals surface area contributed by atoms with E-state index >= 15 is 0 Å². The zero-order valence-electron chi connectivity index (χ0n) is 11.4. The van der Waals surface area contributed by atoms with Gasteiger partial charge in [0.1, 0.15) is 4.88 Å². The minimum atomic E-state index is -0.125. The van der Waals surface area contributed by atoms with E-state index < -0.39 is 0 Å². The van der Waals surface area contributed by atoms with Gasteiger partial charge in [0.15, 0.2) is 0 Å². The van der Waals surface area contributed by atoms with Gasteiger partial charge in [-0.1, -0.05) is 46.9 Å². The summed E-state index contributed by atoms with van der Waals surface area (Å²) in [5, 5.41) is 11.1. The Morgan fingerprint density at radius 1 is 1.33 bits per heavy atom. The number of amides is 1. The summed E-state index contributed by atoms with van der Waals surface area (Å²) in [5.74, 6) is -0.125. The highest BCUT2D eigenvalue weighted by atomic mass is 32.1. The van der Waals surface area contributed by atoms with E-state index in [1.54, 1.807) is 17.1 Å². The van der Waals surface area contributed by atoms with Crippen LogP contribution >= 0.6 is 11.3 Å². The summed E-state index contributed by atoms with van der Waals surface area (Å²) < 4.78 is 1.55. The summed E-state index contributed by atoms with van der Waals surface area (Å²) in [4.78, 5) is 17.2. The van der Waals surface area contributed by atoms with Crippen LogP contribution in [-0.2, 0) is 6.54 Å². The van der Waals surface area contributed by atoms with Crippen molar-refractivity contribution in [3.8, 4) is 5.13 Å². The maximum Gasteiger partial charge on any atom is 0.263 e. The number of thiazole rings is 1. The Balaban J connectivity index is 1.73. The zero-order chi connectivity index (χ0) is 14.7. The van der Waals surface area contributed by atoms with Crippen molar-refractivity contribution >= 4 is 17.2 Å². The standard InChI is InChI=1S/C14H13N5OS/c1-10-12(21-14(17-10)19-8-7-16-18-19)13(20)15-9-11-5-3-2-4-6-11/h2-8H,9H2,1H3,(H,15,20). The Bertz CT molecular complexity index is 736. The van der Waals surface area contributed by atoms with Crippen LogP contribution in [0.15, 0.2) is 42.7 Å². The first kappa shape index (κ1) is 13.4. The fraction of sp³-hybridized carbons (Fsp3) is 0.143. The molecule has 106 valence electrons. The van der Waals surface area contributed by atoms with E-state index in [9.17, 15) is 4.79 Å². The number of hydrogen-bond donors (Lipinski definition) is 1. The van der Waals surface area contributed by atoms with Gasteiger partial charge in [-0.2, -0.15) is 4.68 Å². The topological polar surface area (TPSA) is 72.7 Å². The molecule has 0 spiro atoms. The van der Waals surface area contributed by atoms with Gasteiger partial charge in [0.05, 0.1) is 18.1 Å². The number of benzene rings is 1. The van der Waals surface area contributed by atoms with Crippen LogP contribution in [0.5, 0.6) is 0 Å². The molecule has 0 radical (unpaired) electrons. The van der Waals surface area contributed by atoms with E-state index in [0.29, 0.717) is 22.2 Å². The van der Waals surface area contributed by atoms with Crippen molar-refractivity contribution in [2.45, 2.75) is 13.5 Å². The highest BCUT2D eigenvalue weighted by Crippen LogP contribution is 2.20. The summed E-state index contributed by atoms with van der Waals surface area (Å²) >= 11 is 1.30. The van der Waals surface area contributed by atoms with Crippen LogP contribution in [0.2, 0.25) is 0 Å². The Morgan fingerprint density at radius 2 is 2.14 bits per heavy atom. The zero-order valence-corrected chi connectivity index (χ0v) is 12.2. The third-order valence-corrected chi connectivity index (χ3v) is 4.05. The van der Waals surface area contributed by atoms with Gasteiger partial charge in [-0.3, -0.25) is 4.79 Å². The first-order chi connectivity index (χ1) is 10.2. The summed E-state index contributed by atoms with van der Waals surface area (Å²) in [6.07, 6.45) is 3.27. The second kappa shape index (κ2) is 5.84. The molecule has 7 heteroatoms. The van der Waals surface area contributed by atoms with Crippen LogP contribution in [0.1, 0.15) is 20.9 Å². The van der Waals surface area contributed by atoms with E-state index in [1.165, 1.54) is 11.3 Å². The van der Waals surface area contributed by atoms with Crippen LogP contribution in [0, 0.1) is 6.92 Å². The molecule has 0 bridgehead atoms. The number of carbonyl (C=O) groups excluding carboxylic acids is 1. The molecule has 3 rings (SSSR count). The molecule has 2 aromatic heterocycles. The molecule has 2 heterocycles. The smallest absolute Gasteiger partial charge is 0.263 e. The molecule has 0 fully saturated rings. The Hall–Kier alpha value is -2.54. The first-order valence-corrected chi connectivity index (χ1v) is 7.22. The van der Waals surface area contributed by atoms with Crippen LogP contribution < -0.4 is 5.32 Å². The molecule has 21 heavy (non-hydrogen) atoms. The third-order valence-electron chi connectivity index (χ3n) is 2.91. The largest absolute Gasteiger partial charge is 0.347 e. The van der Waals surface area contributed by atoms with Gasteiger partial charge in [0.25, 0.3) is 5.91 Å². The third kappa shape index (κ3) is 2.97. The lowest BCUT2D eigenvalue weighted by Crippen LogP contribution is -2.22. The van der Waals surface area contributed by atoms with Gasteiger partial charge in [0, 0.05) is 6.54 Å². The number of nitrogens with one attached hydrogen (secondary N) is 1. The highest BCUT2D eigenvalue weighted by Gasteiger charge is 2.16. The van der Waals surface area contributed by atoms with Crippen molar-refractivity contribution in [2.75, 3.05) is 0 Å². The minimum absolute atomic E-state index is 0.125. The van der Waals surface area contributed by atoms with E-state index in [2.05, 4.69) is 20.6 Å². The van der Waals surface area contributed by atoms with Crippen LogP contribution in [-0.4, -0.2) is 25.9 Å². The lowest BCUT2D eigenvalue weighted by Gasteiger charge is -2.03. The molecule has 3 aromatic rings. The molecule has 1 N–H and O–H groups in total. The molecule has 0 aliphatic rings. The quantitative estimate of drug-likeness (QED) is 0.799. The lowest BCUT2D eigenvalue weighted by molar-refractivity contribution is 0.0954. The number of aryl methyl sites for hydroxylation is 1. The van der Waals surface area contributed by atoms with Crippen molar-refractivity contribution < 1.29 is 4.79 Å². The van der Waals surface area contributed by atoms with Gasteiger partial charge >= 0.3 is 0 Å². The van der Waals surface area contributed by atoms with Gasteiger partial charge < -0.3 is 5.32 Å². The summed E-state index contributed by atoms with van der Waals surface area (Å²) in [7, 11) is 0. The fourth-order valence-electron chi connectivity index (χ4n) is 1.86. The SMILES string of the molecule is Cc1nc(-n2ccnn2)sc1C(=O)NCc1ccccc1. The van der Waals surface area contributed by atoms with Crippen LogP contribution in [0.25, 0.3) is 5.13 Å². The Kier molecular flexibility index (Phi) is 3.74. The molecule has 6 nitrogen and oxygen atoms in total. The average molecular weight is 299 g/mol. The Morgan fingerprint density at radius 3 is 2.86 bits per heavy atom. The van der Waals surface area contributed by atoms with Gasteiger partial charge in [-0.15, -0.1) is 5.10 Å². The van der Waals surface area contributed by atoms with Crippen molar-refractivity contribution in [3.05, 3.63) is 58.9 Å². The first-order valence-electron chi connectivity index (χ1n) is 6.40. The fourth-order valence-corrected chi connectivity index (χ4v) is 2.77. The predicted octanol–water partition coefficient (Wildman–Crippen LogP) is 1.96. The second-order valence-corrected chi connectivity index (χ2v) is 5.40. The maximum atomic E-state index is 12.2.